The maximum absolute atomic E-state index is 8.74. The zero-order valence-corrected chi connectivity index (χ0v) is 13.0. The molecule has 112 valence electrons. The van der Waals surface area contributed by atoms with Crippen LogP contribution < -0.4 is 10.1 Å². The van der Waals surface area contributed by atoms with Crippen LogP contribution in [-0.4, -0.2) is 18.3 Å². The molecular formula is C16H17Cl2NO2. The Morgan fingerprint density at radius 1 is 1.00 bits per heavy atom. The van der Waals surface area contributed by atoms with Gasteiger partial charge in [-0.05, 0) is 23.3 Å². The lowest BCUT2D eigenvalue weighted by Crippen LogP contribution is -2.17. The topological polar surface area (TPSA) is 41.5 Å². The van der Waals surface area contributed by atoms with Gasteiger partial charge in [-0.1, -0.05) is 53.5 Å². The molecule has 0 saturated carbocycles. The molecule has 0 aliphatic carbocycles. The van der Waals surface area contributed by atoms with E-state index < -0.39 is 0 Å². The van der Waals surface area contributed by atoms with Gasteiger partial charge in [0.1, 0.15) is 6.61 Å². The van der Waals surface area contributed by atoms with Gasteiger partial charge in [0.2, 0.25) is 0 Å². The summed E-state index contributed by atoms with van der Waals surface area (Å²) < 4.78 is 5.71. The van der Waals surface area contributed by atoms with Crippen LogP contribution in [0.5, 0.6) is 5.75 Å². The number of aliphatic hydroxyl groups is 1. The van der Waals surface area contributed by atoms with Gasteiger partial charge in [0.15, 0.2) is 5.75 Å². The fourth-order valence-electron chi connectivity index (χ4n) is 1.89. The maximum Gasteiger partial charge on any atom is 0.156 e. The Bertz CT molecular complexity index is 553. The van der Waals surface area contributed by atoms with Crippen LogP contribution in [0.25, 0.3) is 0 Å². The molecule has 2 N–H and O–H groups in total. The molecule has 0 aliphatic rings. The number of aliphatic hydroxyl groups excluding tert-OH is 1. The molecule has 2 aromatic rings. The fraction of sp³-hybridized carbons (Fsp3) is 0.250. The summed E-state index contributed by atoms with van der Waals surface area (Å²) in [6.07, 6.45) is 0. The summed E-state index contributed by atoms with van der Waals surface area (Å²) in [5.41, 5.74) is 2.00. The summed E-state index contributed by atoms with van der Waals surface area (Å²) >= 11 is 12.5. The fourth-order valence-corrected chi connectivity index (χ4v) is 2.54. The number of rotatable bonds is 7. The molecule has 21 heavy (non-hydrogen) atoms. The van der Waals surface area contributed by atoms with Gasteiger partial charge in [-0.25, -0.2) is 0 Å². The molecule has 0 fully saturated rings. The molecular weight excluding hydrogens is 309 g/mol. The average Bonchev–Trinajstić information content (AvgIpc) is 2.48. The highest BCUT2D eigenvalue weighted by molar-refractivity contribution is 6.37. The first kappa shape index (κ1) is 16.1. The van der Waals surface area contributed by atoms with Crippen LogP contribution in [-0.2, 0) is 13.2 Å². The Morgan fingerprint density at radius 2 is 1.67 bits per heavy atom. The Kier molecular flexibility index (Phi) is 6.33. The summed E-state index contributed by atoms with van der Waals surface area (Å²) in [6, 6.07) is 13.5. The van der Waals surface area contributed by atoms with Gasteiger partial charge in [0.25, 0.3) is 0 Å². The Balaban J connectivity index is 2.03. The number of ether oxygens (including phenoxy) is 1. The first-order valence-corrected chi connectivity index (χ1v) is 7.42. The van der Waals surface area contributed by atoms with E-state index in [9.17, 15) is 0 Å². The van der Waals surface area contributed by atoms with Gasteiger partial charge in [0, 0.05) is 13.1 Å². The SMILES string of the molecule is OCCNCc1cc(Cl)c(OCc2ccccc2)c(Cl)c1. The smallest absolute Gasteiger partial charge is 0.156 e. The third-order valence-corrected chi connectivity index (χ3v) is 3.46. The molecule has 0 saturated heterocycles. The molecule has 0 aromatic heterocycles. The van der Waals surface area contributed by atoms with Crippen LogP contribution in [0, 0.1) is 0 Å². The molecule has 2 aromatic carbocycles. The van der Waals surface area contributed by atoms with E-state index in [-0.39, 0.29) is 6.61 Å². The second-order valence-electron chi connectivity index (χ2n) is 4.56. The maximum atomic E-state index is 8.74. The van der Waals surface area contributed by atoms with E-state index >= 15 is 0 Å². The Hall–Kier alpha value is -1.26. The second kappa shape index (κ2) is 8.25. The third kappa shape index (κ3) is 4.90. The van der Waals surface area contributed by atoms with Crippen LogP contribution >= 0.6 is 23.2 Å². The van der Waals surface area contributed by atoms with Crippen molar-refractivity contribution in [2.75, 3.05) is 13.2 Å². The molecule has 2 rings (SSSR count). The predicted molar refractivity (Wildman–Crippen MR) is 86.0 cm³/mol. The molecule has 0 atom stereocenters. The number of nitrogens with one attached hydrogen (secondary N) is 1. The van der Waals surface area contributed by atoms with Crippen molar-refractivity contribution in [3.63, 3.8) is 0 Å². The minimum atomic E-state index is 0.0970. The number of hydrogen-bond acceptors (Lipinski definition) is 3. The minimum Gasteiger partial charge on any atom is -0.486 e. The predicted octanol–water partition coefficient (Wildman–Crippen LogP) is 3.65. The largest absolute Gasteiger partial charge is 0.486 e. The van der Waals surface area contributed by atoms with E-state index in [4.69, 9.17) is 33.0 Å². The molecule has 0 bridgehead atoms. The lowest BCUT2D eigenvalue weighted by molar-refractivity contribution is 0.292. The molecule has 3 nitrogen and oxygen atoms in total. The standard InChI is InChI=1S/C16H17Cl2NO2/c17-14-8-13(10-19-6-7-20)9-15(18)16(14)21-11-12-4-2-1-3-5-12/h1-5,8-9,19-20H,6-7,10-11H2. The molecule has 0 unspecified atom stereocenters. The summed E-state index contributed by atoms with van der Waals surface area (Å²) in [4.78, 5) is 0. The lowest BCUT2D eigenvalue weighted by atomic mass is 10.2. The zero-order valence-electron chi connectivity index (χ0n) is 11.5. The van der Waals surface area contributed by atoms with Crippen molar-refractivity contribution in [3.8, 4) is 5.75 Å². The third-order valence-electron chi connectivity index (χ3n) is 2.90. The van der Waals surface area contributed by atoms with E-state index in [0.29, 0.717) is 35.5 Å². The Labute approximate surface area is 134 Å². The van der Waals surface area contributed by atoms with E-state index in [1.807, 2.05) is 42.5 Å². The van der Waals surface area contributed by atoms with Gasteiger partial charge in [-0.15, -0.1) is 0 Å². The van der Waals surface area contributed by atoms with Crippen molar-refractivity contribution in [2.24, 2.45) is 0 Å². The molecule has 0 radical (unpaired) electrons. The van der Waals surface area contributed by atoms with Crippen LogP contribution in [0.4, 0.5) is 0 Å². The number of benzene rings is 2. The normalized spacial score (nSPS) is 10.6. The van der Waals surface area contributed by atoms with E-state index in [1.165, 1.54) is 0 Å². The minimum absolute atomic E-state index is 0.0970. The molecule has 5 heteroatoms. The van der Waals surface area contributed by atoms with Crippen molar-refractivity contribution in [3.05, 3.63) is 63.6 Å². The van der Waals surface area contributed by atoms with E-state index in [0.717, 1.165) is 11.1 Å². The van der Waals surface area contributed by atoms with E-state index in [1.54, 1.807) is 0 Å². The summed E-state index contributed by atoms with van der Waals surface area (Å²) in [7, 11) is 0. The molecule has 0 heterocycles. The van der Waals surface area contributed by atoms with Crippen LogP contribution in [0.1, 0.15) is 11.1 Å². The quantitative estimate of drug-likeness (QED) is 0.763. The van der Waals surface area contributed by atoms with Crippen LogP contribution in [0.3, 0.4) is 0 Å². The molecule has 0 amide bonds. The average molecular weight is 326 g/mol. The van der Waals surface area contributed by atoms with E-state index in [2.05, 4.69) is 5.32 Å². The summed E-state index contributed by atoms with van der Waals surface area (Å²) in [5.74, 6) is 0.494. The first-order valence-electron chi connectivity index (χ1n) is 6.67. The van der Waals surface area contributed by atoms with Crippen LogP contribution in [0.2, 0.25) is 10.0 Å². The zero-order chi connectivity index (χ0) is 15.1. The van der Waals surface area contributed by atoms with Crippen molar-refractivity contribution in [1.82, 2.24) is 5.32 Å². The Morgan fingerprint density at radius 3 is 2.29 bits per heavy atom. The van der Waals surface area contributed by atoms with Crippen LogP contribution in [0.15, 0.2) is 42.5 Å². The summed E-state index contributed by atoms with van der Waals surface area (Å²) in [6.45, 7) is 1.64. The van der Waals surface area contributed by atoms with Gasteiger partial charge in [0.05, 0.1) is 16.7 Å². The number of hydrogen-bond donors (Lipinski definition) is 2. The summed E-state index contributed by atoms with van der Waals surface area (Å²) in [5, 5.41) is 12.8. The van der Waals surface area contributed by atoms with Gasteiger partial charge < -0.3 is 15.2 Å². The second-order valence-corrected chi connectivity index (χ2v) is 5.38. The highest BCUT2D eigenvalue weighted by atomic mass is 35.5. The monoisotopic (exact) mass is 325 g/mol. The van der Waals surface area contributed by atoms with Gasteiger partial charge >= 0.3 is 0 Å². The number of halogens is 2. The van der Waals surface area contributed by atoms with Crippen molar-refractivity contribution < 1.29 is 9.84 Å². The lowest BCUT2D eigenvalue weighted by Gasteiger charge is -2.12. The first-order chi connectivity index (χ1) is 10.2. The van der Waals surface area contributed by atoms with Crippen molar-refractivity contribution in [2.45, 2.75) is 13.2 Å². The molecule has 0 aliphatic heterocycles. The highest BCUT2D eigenvalue weighted by Crippen LogP contribution is 2.34. The van der Waals surface area contributed by atoms with Crippen molar-refractivity contribution in [1.29, 1.82) is 0 Å². The highest BCUT2D eigenvalue weighted by Gasteiger charge is 2.10. The van der Waals surface area contributed by atoms with Crippen molar-refractivity contribution >= 4 is 23.2 Å². The molecule has 0 spiro atoms. The van der Waals surface area contributed by atoms with Gasteiger partial charge in [-0.3, -0.25) is 0 Å². The van der Waals surface area contributed by atoms with Gasteiger partial charge in [-0.2, -0.15) is 0 Å².